The van der Waals surface area contributed by atoms with Crippen molar-refractivity contribution in [3.05, 3.63) is 0 Å². The molecule has 0 spiro atoms. The van der Waals surface area contributed by atoms with Gasteiger partial charge in [0, 0.05) is 25.1 Å². The van der Waals surface area contributed by atoms with E-state index >= 15 is 0 Å². The van der Waals surface area contributed by atoms with Gasteiger partial charge >= 0.3 is 0 Å². The Labute approximate surface area is 81.2 Å². The van der Waals surface area contributed by atoms with Crippen molar-refractivity contribution in [1.29, 1.82) is 0 Å². The maximum atomic E-state index is 6.09. The van der Waals surface area contributed by atoms with Gasteiger partial charge in [0.2, 0.25) is 0 Å². The number of ether oxygens (including phenoxy) is 1. The van der Waals surface area contributed by atoms with Crippen LogP contribution in [0.3, 0.4) is 0 Å². The molecule has 1 aliphatic heterocycles. The Morgan fingerprint density at radius 3 is 2.92 bits per heavy atom. The quantitative estimate of drug-likeness (QED) is 0.686. The topological polar surface area (TPSA) is 38.5 Å². The molecule has 2 unspecified atom stereocenters. The number of likely N-dealkylation sites (N-methyl/N-ethyl adjacent to an activating group) is 1. The lowest BCUT2D eigenvalue weighted by Crippen LogP contribution is -2.41. The maximum Gasteiger partial charge on any atom is 0.0510 e. The highest BCUT2D eigenvalue weighted by Gasteiger charge is 2.23. The summed E-state index contributed by atoms with van der Waals surface area (Å²) in [5, 5.41) is 0. The summed E-state index contributed by atoms with van der Waals surface area (Å²) in [6, 6.07) is 0.291. The van der Waals surface area contributed by atoms with Gasteiger partial charge in [0.1, 0.15) is 0 Å². The molecule has 1 saturated heterocycles. The van der Waals surface area contributed by atoms with Crippen molar-refractivity contribution < 1.29 is 4.74 Å². The fraction of sp³-hybridized carbons (Fsp3) is 1.00. The Kier molecular flexibility index (Phi) is 4.70. The number of nitrogens with two attached hydrogens (primary N) is 1. The van der Waals surface area contributed by atoms with Crippen LogP contribution in [0.25, 0.3) is 0 Å². The van der Waals surface area contributed by atoms with Gasteiger partial charge in [0.05, 0.1) is 6.61 Å². The second-order valence-corrected chi connectivity index (χ2v) is 4.05. The first kappa shape index (κ1) is 11.0. The van der Waals surface area contributed by atoms with Crippen LogP contribution in [0.15, 0.2) is 0 Å². The highest BCUT2D eigenvalue weighted by Crippen LogP contribution is 2.15. The van der Waals surface area contributed by atoms with Crippen LogP contribution in [-0.2, 0) is 4.74 Å². The van der Waals surface area contributed by atoms with Crippen molar-refractivity contribution in [2.75, 3.05) is 33.4 Å². The lowest BCUT2D eigenvalue weighted by atomic mass is 9.99. The molecule has 0 aliphatic carbocycles. The summed E-state index contributed by atoms with van der Waals surface area (Å²) >= 11 is 0. The van der Waals surface area contributed by atoms with Crippen LogP contribution in [0, 0.1) is 5.92 Å². The van der Waals surface area contributed by atoms with Crippen LogP contribution in [0.2, 0.25) is 0 Å². The van der Waals surface area contributed by atoms with Crippen molar-refractivity contribution in [2.24, 2.45) is 11.7 Å². The highest BCUT2D eigenvalue weighted by atomic mass is 16.5. The zero-order valence-electron chi connectivity index (χ0n) is 8.83. The normalized spacial score (nSPS) is 25.4. The minimum Gasteiger partial charge on any atom is -0.381 e. The molecule has 3 heteroatoms. The summed E-state index contributed by atoms with van der Waals surface area (Å²) in [7, 11) is 2.14. The van der Waals surface area contributed by atoms with Gasteiger partial charge < -0.3 is 15.4 Å². The Bertz CT molecular complexity index is 135. The molecule has 0 bridgehead atoms. The second kappa shape index (κ2) is 5.58. The molecule has 0 amide bonds. The van der Waals surface area contributed by atoms with E-state index in [1.807, 2.05) is 0 Å². The standard InChI is InChI=1S/C10H22N2O/c1-3-5-12(2)7-10(11)9-4-6-13-8-9/h9-10H,3-8,11H2,1-2H3. The lowest BCUT2D eigenvalue weighted by molar-refractivity contribution is 0.174. The first-order chi connectivity index (χ1) is 6.24. The van der Waals surface area contributed by atoms with Gasteiger partial charge in [0.25, 0.3) is 0 Å². The van der Waals surface area contributed by atoms with Gasteiger partial charge in [-0.25, -0.2) is 0 Å². The molecule has 1 rings (SSSR count). The molecule has 0 saturated carbocycles. The third-order valence-electron chi connectivity index (χ3n) is 2.70. The average Bonchev–Trinajstić information content (AvgIpc) is 2.55. The molecule has 1 fully saturated rings. The van der Waals surface area contributed by atoms with E-state index in [0.29, 0.717) is 12.0 Å². The number of nitrogens with zero attached hydrogens (tertiary/aromatic N) is 1. The molecule has 2 atom stereocenters. The van der Waals surface area contributed by atoms with Crippen LogP contribution < -0.4 is 5.73 Å². The van der Waals surface area contributed by atoms with E-state index in [0.717, 1.165) is 32.7 Å². The van der Waals surface area contributed by atoms with Crippen molar-refractivity contribution in [3.63, 3.8) is 0 Å². The Morgan fingerprint density at radius 1 is 1.62 bits per heavy atom. The summed E-state index contributed by atoms with van der Waals surface area (Å²) in [6.45, 7) is 6.10. The Hall–Kier alpha value is -0.120. The molecule has 13 heavy (non-hydrogen) atoms. The minimum atomic E-state index is 0.291. The molecule has 0 aromatic heterocycles. The summed E-state index contributed by atoms with van der Waals surface area (Å²) in [6.07, 6.45) is 2.34. The van der Waals surface area contributed by atoms with E-state index in [1.165, 1.54) is 6.42 Å². The third kappa shape index (κ3) is 3.63. The Balaban J connectivity index is 2.18. The number of hydrogen-bond donors (Lipinski definition) is 1. The first-order valence-electron chi connectivity index (χ1n) is 5.26. The summed E-state index contributed by atoms with van der Waals surface area (Å²) < 4.78 is 5.32. The molecule has 78 valence electrons. The predicted octanol–water partition coefficient (Wildman–Crippen LogP) is 0.692. The van der Waals surface area contributed by atoms with Crippen molar-refractivity contribution in [1.82, 2.24) is 4.90 Å². The predicted molar refractivity (Wildman–Crippen MR) is 54.7 cm³/mol. The van der Waals surface area contributed by atoms with Crippen LogP contribution in [0.1, 0.15) is 19.8 Å². The summed E-state index contributed by atoms with van der Waals surface area (Å²) in [5.41, 5.74) is 6.09. The SMILES string of the molecule is CCCN(C)CC(N)C1CCOC1. The molecule has 0 radical (unpaired) electrons. The summed E-state index contributed by atoms with van der Waals surface area (Å²) in [4.78, 5) is 2.31. The minimum absolute atomic E-state index is 0.291. The van der Waals surface area contributed by atoms with Crippen LogP contribution >= 0.6 is 0 Å². The van der Waals surface area contributed by atoms with Gasteiger partial charge in [-0.05, 0) is 26.4 Å². The zero-order chi connectivity index (χ0) is 9.68. The van der Waals surface area contributed by atoms with E-state index in [2.05, 4.69) is 18.9 Å². The number of hydrogen-bond acceptors (Lipinski definition) is 3. The van der Waals surface area contributed by atoms with E-state index in [1.54, 1.807) is 0 Å². The second-order valence-electron chi connectivity index (χ2n) is 4.05. The van der Waals surface area contributed by atoms with Crippen LogP contribution in [0.5, 0.6) is 0 Å². The van der Waals surface area contributed by atoms with Gasteiger partial charge in [-0.1, -0.05) is 6.92 Å². The highest BCUT2D eigenvalue weighted by molar-refractivity contribution is 4.78. The molecule has 1 aliphatic rings. The monoisotopic (exact) mass is 186 g/mol. The molecule has 1 heterocycles. The molecule has 3 nitrogen and oxygen atoms in total. The maximum absolute atomic E-state index is 6.09. The van der Waals surface area contributed by atoms with Crippen molar-refractivity contribution in [3.8, 4) is 0 Å². The Morgan fingerprint density at radius 2 is 2.38 bits per heavy atom. The average molecular weight is 186 g/mol. The largest absolute Gasteiger partial charge is 0.381 e. The van der Waals surface area contributed by atoms with E-state index in [-0.39, 0.29) is 0 Å². The van der Waals surface area contributed by atoms with Gasteiger partial charge in [0.15, 0.2) is 0 Å². The molecule has 2 N–H and O–H groups in total. The first-order valence-corrected chi connectivity index (χ1v) is 5.26. The van der Waals surface area contributed by atoms with E-state index in [9.17, 15) is 0 Å². The van der Waals surface area contributed by atoms with E-state index in [4.69, 9.17) is 10.5 Å². The fourth-order valence-electron chi connectivity index (χ4n) is 1.87. The fourth-order valence-corrected chi connectivity index (χ4v) is 1.87. The smallest absolute Gasteiger partial charge is 0.0510 e. The van der Waals surface area contributed by atoms with E-state index < -0.39 is 0 Å². The van der Waals surface area contributed by atoms with Crippen molar-refractivity contribution >= 4 is 0 Å². The molecule has 0 aromatic rings. The lowest BCUT2D eigenvalue weighted by Gasteiger charge is -2.24. The van der Waals surface area contributed by atoms with Crippen molar-refractivity contribution in [2.45, 2.75) is 25.8 Å². The van der Waals surface area contributed by atoms with Crippen LogP contribution in [0.4, 0.5) is 0 Å². The number of rotatable bonds is 5. The molecular formula is C10H22N2O. The van der Waals surface area contributed by atoms with Gasteiger partial charge in [-0.3, -0.25) is 0 Å². The third-order valence-corrected chi connectivity index (χ3v) is 2.70. The van der Waals surface area contributed by atoms with Crippen LogP contribution in [-0.4, -0.2) is 44.3 Å². The molecule has 0 aromatic carbocycles. The van der Waals surface area contributed by atoms with Gasteiger partial charge in [-0.15, -0.1) is 0 Å². The zero-order valence-corrected chi connectivity index (χ0v) is 8.83. The molecular weight excluding hydrogens is 164 g/mol. The van der Waals surface area contributed by atoms with Gasteiger partial charge in [-0.2, -0.15) is 0 Å². The summed E-state index contributed by atoms with van der Waals surface area (Å²) in [5.74, 6) is 0.583.